The summed E-state index contributed by atoms with van der Waals surface area (Å²) < 4.78 is 18.4. The summed E-state index contributed by atoms with van der Waals surface area (Å²) in [5.74, 6) is 0.113. The number of hydrogen-bond donors (Lipinski definition) is 1. The van der Waals surface area contributed by atoms with Crippen LogP contribution in [0.1, 0.15) is 30.1 Å². The fraction of sp³-hybridized carbons (Fsp3) is 0.333. The molecule has 1 N–H and O–H groups in total. The molecule has 2 amide bonds. The van der Waals surface area contributed by atoms with E-state index in [0.717, 1.165) is 11.4 Å². The van der Waals surface area contributed by atoms with Crippen molar-refractivity contribution in [1.82, 2.24) is 4.90 Å². The van der Waals surface area contributed by atoms with Crippen molar-refractivity contribution in [2.45, 2.75) is 19.8 Å². The van der Waals surface area contributed by atoms with Gasteiger partial charge < -0.3 is 15.0 Å². The lowest BCUT2D eigenvalue weighted by atomic mass is 9.95. The summed E-state index contributed by atoms with van der Waals surface area (Å²) in [6.07, 6.45) is 1.21. The van der Waals surface area contributed by atoms with Gasteiger partial charge in [0.15, 0.2) is 0 Å². The topological polar surface area (TPSA) is 58.6 Å². The second-order valence-electron chi connectivity index (χ2n) is 6.52. The first kappa shape index (κ1) is 18.9. The number of carbonyl (C=O) groups excluding carboxylic acids is 2. The maximum atomic E-state index is 13.0. The summed E-state index contributed by atoms with van der Waals surface area (Å²) >= 11 is 0. The van der Waals surface area contributed by atoms with E-state index >= 15 is 0 Å². The summed E-state index contributed by atoms with van der Waals surface area (Å²) in [6, 6.07) is 12.8. The van der Waals surface area contributed by atoms with Crippen molar-refractivity contribution in [2.75, 3.05) is 25.0 Å². The molecule has 6 heteroatoms. The predicted molar refractivity (Wildman–Crippen MR) is 101 cm³/mol. The van der Waals surface area contributed by atoms with Gasteiger partial charge in [0.25, 0.3) is 5.91 Å². The van der Waals surface area contributed by atoms with Gasteiger partial charge >= 0.3 is 0 Å². The number of piperidine rings is 1. The molecule has 0 unspecified atom stereocenters. The standard InChI is InChI=1S/C21H23FN2O3/c1-2-27-19-9-7-18(8-10-19)23-20(25)15-11-13-24(14-12-15)21(26)16-3-5-17(22)6-4-16/h3-10,15H,2,11-14H2,1H3,(H,23,25). The Kier molecular flexibility index (Phi) is 6.06. The lowest BCUT2D eigenvalue weighted by molar-refractivity contribution is -0.121. The highest BCUT2D eigenvalue weighted by atomic mass is 19.1. The van der Waals surface area contributed by atoms with Gasteiger partial charge in [0.1, 0.15) is 11.6 Å². The minimum absolute atomic E-state index is 0.0342. The highest BCUT2D eigenvalue weighted by Crippen LogP contribution is 2.22. The van der Waals surface area contributed by atoms with Crippen molar-refractivity contribution >= 4 is 17.5 Å². The molecule has 3 rings (SSSR count). The van der Waals surface area contributed by atoms with Gasteiger partial charge in [0.2, 0.25) is 5.91 Å². The molecule has 0 bridgehead atoms. The van der Waals surface area contributed by atoms with E-state index in [0.29, 0.717) is 38.1 Å². The van der Waals surface area contributed by atoms with E-state index < -0.39 is 0 Å². The third-order valence-corrected chi connectivity index (χ3v) is 4.68. The zero-order chi connectivity index (χ0) is 19.2. The minimum Gasteiger partial charge on any atom is -0.494 e. The highest BCUT2D eigenvalue weighted by molar-refractivity contribution is 5.95. The highest BCUT2D eigenvalue weighted by Gasteiger charge is 2.27. The number of benzene rings is 2. The van der Waals surface area contributed by atoms with E-state index in [1.54, 1.807) is 4.90 Å². The molecule has 2 aromatic carbocycles. The Morgan fingerprint density at radius 3 is 2.30 bits per heavy atom. The number of amides is 2. The number of anilines is 1. The van der Waals surface area contributed by atoms with Crippen LogP contribution in [0.4, 0.5) is 10.1 Å². The second-order valence-corrected chi connectivity index (χ2v) is 6.52. The molecule has 5 nitrogen and oxygen atoms in total. The van der Waals surface area contributed by atoms with Crippen LogP contribution in [0.3, 0.4) is 0 Å². The average Bonchev–Trinajstić information content (AvgIpc) is 2.70. The fourth-order valence-electron chi connectivity index (χ4n) is 3.17. The SMILES string of the molecule is CCOc1ccc(NC(=O)C2CCN(C(=O)c3ccc(F)cc3)CC2)cc1. The lowest BCUT2D eigenvalue weighted by Crippen LogP contribution is -2.41. The molecule has 2 aromatic rings. The predicted octanol–water partition coefficient (Wildman–Crippen LogP) is 3.72. The largest absolute Gasteiger partial charge is 0.494 e. The minimum atomic E-state index is -0.365. The van der Waals surface area contributed by atoms with Crippen molar-refractivity contribution in [2.24, 2.45) is 5.92 Å². The van der Waals surface area contributed by atoms with Crippen LogP contribution >= 0.6 is 0 Å². The molecule has 0 radical (unpaired) electrons. The third-order valence-electron chi connectivity index (χ3n) is 4.68. The van der Waals surface area contributed by atoms with Gasteiger partial charge in [0, 0.05) is 30.3 Å². The summed E-state index contributed by atoms with van der Waals surface area (Å²) in [5.41, 5.74) is 1.20. The maximum Gasteiger partial charge on any atom is 0.253 e. The van der Waals surface area contributed by atoms with Crippen LogP contribution in [-0.4, -0.2) is 36.4 Å². The molecule has 0 saturated carbocycles. The number of carbonyl (C=O) groups is 2. The number of halogens is 1. The molecule has 1 fully saturated rings. The number of hydrogen-bond acceptors (Lipinski definition) is 3. The Balaban J connectivity index is 1.51. The quantitative estimate of drug-likeness (QED) is 0.873. The van der Waals surface area contributed by atoms with Gasteiger partial charge in [-0.15, -0.1) is 0 Å². The molecule has 1 heterocycles. The first-order valence-corrected chi connectivity index (χ1v) is 9.15. The molecule has 0 aliphatic carbocycles. The van der Waals surface area contributed by atoms with E-state index in [1.165, 1.54) is 24.3 Å². The molecular weight excluding hydrogens is 347 g/mol. The van der Waals surface area contributed by atoms with Crippen LogP contribution in [0.15, 0.2) is 48.5 Å². The molecule has 0 aromatic heterocycles. The van der Waals surface area contributed by atoms with E-state index in [1.807, 2.05) is 31.2 Å². The van der Waals surface area contributed by atoms with Crippen molar-refractivity contribution in [1.29, 1.82) is 0 Å². The number of nitrogens with zero attached hydrogens (tertiary/aromatic N) is 1. The molecule has 0 atom stereocenters. The zero-order valence-corrected chi connectivity index (χ0v) is 15.3. The molecule has 142 valence electrons. The number of likely N-dealkylation sites (tertiary alicyclic amines) is 1. The van der Waals surface area contributed by atoms with Gasteiger partial charge in [-0.25, -0.2) is 4.39 Å². The smallest absolute Gasteiger partial charge is 0.253 e. The summed E-state index contributed by atoms with van der Waals surface area (Å²) in [7, 11) is 0. The second kappa shape index (κ2) is 8.66. The molecule has 1 saturated heterocycles. The van der Waals surface area contributed by atoms with Crippen LogP contribution in [0, 0.1) is 11.7 Å². The van der Waals surface area contributed by atoms with Crippen molar-refractivity contribution < 1.29 is 18.7 Å². The number of nitrogens with one attached hydrogen (secondary N) is 1. The zero-order valence-electron chi connectivity index (χ0n) is 15.3. The fourth-order valence-corrected chi connectivity index (χ4v) is 3.17. The number of ether oxygens (including phenoxy) is 1. The number of rotatable bonds is 5. The van der Waals surface area contributed by atoms with Crippen LogP contribution in [0.25, 0.3) is 0 Å². The van der Waals surface area contributed by atoms with Crippen molar-refractivity contribution in [3.05, 3.63) is 59.9 Å². The Morgan fingerprint density at radius 1 is 1.07 bits per heavy atom. The molecule has 1 aliphatic rings. The molecule has 27 heavy (non-hydrogen) atoms. The van der Waals surface area contributed by atoms with Crippen LogP contribution in [-0.2, 0) is 4.79 Å². The van der Waals surface area contributed by atoms with E-state index in [-0.39, 0.29) is 23.5 Å². The lowest BCUT2D eigenvalue weighted by Gasteiger charge is -2.31. The van der Waals surface area contributed by atoms with E-state index in [2.05, 4.69) is 5.32 Å². The molecule has 0 spiro atoms. The Labute approximate surface area is 158 Å². The van der Waals surface area contributed by atoms with Gasteiger partial charge in [-0.3, -0.25) is 9.59 Å². The Bertz CT molecular complexity index is 782. The monoisotopic (exact) mass is 370 g/mol. The van der Waals surface area contributed by atoms with Crippen LogP contribution in [0.2, 0.25) is 0 Å². The van der Waals surface area contributed by atoms with Gasteiger partial charge in [-0.2, -0.15) is 0 Å². The maximum absolute atomic E-state index is 13.0. The van der Waals surface area contributed by atoms with Crippen molar-refractivity contribution in [3.63, 3.8) is 0 Å². The first-order chi connectivity index (χ1) is 13.1. The van der Waals surface area contributed by atoms with Gasteiger partial charge in [-0.05, 0) is 68.3 Å². The molecular formula is C21H23FN2O3. The van der Waals surface area contributed by atoms with E-state index in [9.17, 15) is 14.0 Å². The Morgan fingerprint density at radius 2 is 1.70 bits per heavy atom. The summed E-state index contributed by atoms with van der Waals surface area (Å²) in [5, 5.41) is 2.92. The molecule has 1 aliphatic heterocycles. The van der Waals surface area contributed by atoms with Crippen LogP contribution in [0.5, 0.6) is 5.75 Å². The average molecular weight is 370 g/mol. The first-order valence-electron chi connectivity index (χ1n) is 9.15. The van der Waals surface area contributed by atoms with Crippen molar-refractivity contribution in [3.8, 4) is 5.75 Å². The van der Waals surface area contributed by atoms with Gasteiger partial charge in [-0.1, -0.05) is 0 Å². The van der Waals surface area contributed by atoms with Crippen LogP contribution < -0.4 is 10.1 Å². The summed E-state index contributed by atoms with van der Waals surface area (Å²) in [4.78, 5) is 26.6. The normalized spacial score (nSPS) is 14.7. The third kappa shape index (κ3) is 4.84. The van der Waals surface area contributed by atoms with Gasteiger partial charge in [0.05, 0.1) is 6.61 Å². The van der Waals surface area contributed by atoms with E-state index in [4.69, 9.17) is 4.74 Å². The Hall–Kier alpha value is -2.89. The summed E-state index contributed by atoms with van der Waals surface area (Å²) in [6.45, 7) is 3.54.